The molecule has 0 spiro atoms. The van der Waals surface area contributed by atoms with E-state index in [2.05, 4.69) is 15.3 Å². The minimum Gasteiger partial charge on any atom is -0.480 e. The number of amides is 1. The van der Waals surface area contributed by atoms with Crippen LogP contribution in [0.25, 0.3) is 0 Å². The number of carbonyl (C=O) groups is 2. The number of nitrogens with zero attached hydrogens (tertiary/aromatic N) is 2. The molecule has 0 aliphatic heterocycles. The molecule has 0 saturated heterocycles. The third-order valence-corrected chi connectivity index (χ3v) is 2.99. The van der Waals surface area contributed by atoms with Gasteiger partial charge < -0.3 is 10.4 Å². The summed E-state index contributed by atoms with van der Waals surface area (Å²) in [6, 6.07) is -0.951. The van der Waals surface area contributed by atoms with E-state index in [0.29, 0.717) is 22.1 Å². The molecule has 0 radical (unpaired) electrons. The van der Waals surface area contributed by atoms with Gasteiger partial charge in [-0.25, -0.2) is 9.97 Å². The summed E-state index contributed by atoms with van der Waals surface area (Å²) in [4.78, 5) is 31.0. The van der Waals surface area contributed by atoms with Crippen molar-refractivity contribution in [3.63, 3.8) is 0 Å². The molecule has 0 aliphatic rings. The van der Waals surface area contributed by atoms with E-state index in [1.54, 1.807) is 20.1 Å². The zero-order chi connectivity index (χ0) is 13.9. The minimum atomic E-state index is -1.08. The average Bonchev–Trinajstić information content (AvgIpc) is 2.27. The molecule has 6 nitrogen and oxygen atoms in total. The molecule has 98 valence electrons. The molecule has 1 heterocycles. The fourth-order valence-electron chi connectivity index (χ4n) is 1.42. The Labute approximate surface area is 109 Å². The molecule has 0 fully saturated rings. The first-order valence-electron chi connectivity index (χ1n) is 5.29. The molecule has 1 rings (SSSR count). The van der Waals surface area contributed by atoms with E-state index < -0.39 is 17.9 Å². The fraction of sp³-hybridized carbons (Fsp3) is 0.455. The number of rotatable bonds is 4. The fourth-order valence-corrected chi connectivity index (χ4v) is 2.09. The maximum atomic E-state index is 12.0. The van der Waals surface area contributed by atoms with Gasteiger partial charge in [0.25, 0.3) is 5.91 Å². The summed E-state index contributed by atoms with van der Waals surface area (Å²) in [5, 5.41) is 11.7. The van der Waals surface area contributed by atoms with Crippen LogP contribution in [0.1, 0.15) is 28.8 Å². The summed E-state index contributed by atoms with van der Waals surface area (Å²) in [5.41, 5.74) is 0.878. The van der Waals surface area contributed by atoms with E-state index in [1.165, 1.54) is 18.7 Å². The zero-order valence-electron chi connectivity index (χ0n) is 10.6. The molecule has 0 aromatic carbocycles. The topological polar surface area (TPSA) is 92.2 Å². The predicted molar refractivity (Wildman–Crippen MR) is 67.9 cm³/mol. The van der Waals surface area contributed by atoms with Crippen molar-refractivity contribution < 1.29 is 14.7 Å². The summed E-state index contributed by atoms with van der Waals surface area (Å²) >= 11 is 1.33. The maximum Gasteiger partial charge on any atom is 0.325 e. The van der Waals surface area contributed by atoms with Crippen molar-refractivity contribution in [1.82, 2.24) is 15.3 Å². The van der Waals surface area contributed by atoms with E-state index in [-0.39, 0.29) is 0 Å². The highest BCUT2D eigenvalue weighted by Crippen LogP contribution is 2.20. The predicted octanol–water partition coefficient (Wildman–Crippen LogP) is 1.02. The number of carboxylic acid groups (broad SMARTS) is 1. The highest BCUT2D eigenvalue weighted by atomic mass is 32.2. The second-order valence-corrected chi connectivity index (χ2v) is 4.57. The Bertz CT molecular complexity index is 491. The van der Waals surface area contributed by atoms with Crippen LogP contribution in [0, 0.1) is 13.8 Å². The lowest BCUT2D eigenvalue weighted by Gasteiger charge is -2.13. The van der Waals surface area contributed by atoms with Crippen molar-refractivity contribution in [3.05, 3.63) is 17.1 Å². The van der Waals surface area contributed by atoms with Gasteiger partial charge in [-0.1, -0.05) is 0 Å². The highest BCUT2D eigenvalue weighted by Gasteiger charge is 2.21. The smallest absolute Gasteiger partial charge is 0.325 e. The number of nitrogens with one attached hydrogen (secondary N) is 1. The van der Waals surface area contributed by atoms with E-state index in [0.717, 1.165) is 0 Å². The minimum absolute atomic E-state index is 0.334. The molecule has 7 heteroatoms. The quantitative estimate of drug-likeness (QED) is 0.626. The molecular weight excluding hydrogens is 254 g/mol. The van der Waals surface area contributed by atoms with Crippen molar-refractivity contribution in [2.75, 3.05) is 6.26 Å². The Balaban J connectivity index is 3.09. The van der Waals surface area contributed by atoms with Gasteiger partial charge in [-0.2, -0.15) is 0 Å². The first-order chi connectivity index (χ1) is 8.36. The second-order valence-electron chi connectivity index (χ2n) is 3.77. The van der Waals surface area contributed by atoms with Gasteiger partial charge in [-0.3, -0.25) is 9.59 Å². The van der Waals surface area contributed by atoms with Gasteiger partial charge in [0.15, 0.2) is 0 Å². The SMILES string of the molecule is CSc1nc(C)nc(C)c1C(=O)N[C@@H](C)C(=O)O. The number of hydrogen-bond acceptors (Lipinski definition) is 5. The molecule has 1 atom stereocenters. The van der Waals surface area contributed by atoms with Crippen molar-refractivity contribution in [2.45, 2.75) is 31.8 Å². The molecule has 18 heavy (non-hydrogen) atoms. The van der Waals surface area contributed by atoms with E-state index in [4.69, 9.17) is 5.11 Å². The highest BCUT2D eigenvalue weighted by molar-refractivity contribution is 7.98. The lowest BCUT2D eigenvalue weighted by molar-refractivity contribution is -0.138. The number of carbonyl (C=O) groups excluding carboxylic acids is 1. The second kappa shape index (κ2) is 5.81. The third kappa shape index (κ3) is 3.19. The zero-order valence-corrected chi connectivity index (χ0v) is 11.5. The van der Waals surface area contributed by atoms with Gasteiger partial charge in [-0.15, -0.1) is 11.8 Å². The van der Waals surface area contributed by atoms with Crippen molar-refractivity contribution in [2.24, 2.45) is 0 Å². The first-order valence-corrected chi connectivity index (χ1v) is 6.52. The molecule has 1 aromatic rings. The summed E-state index contributed by atoms with van der Waals surface area (Å²) in [6.07, 6.45) is 1.80. The van der Waals surface area contributed by atoms with Gasteiger partial charge in [-0.05, 0) is 27.0 Å². The summed E-state index contributed by atoms with van der Waals surface area (Å²) < 4.78 is 0. The largest absolute Gasteiger partial charge is 0.480 e. The Hall–Kier alpha value is -1.63. The maximum absolute atomic E-state index is 12.0. The first kappa shape index (κ1) is 14.4. The van der Waals surface area contributed by atoms with Crippen LogP contribution >= 0.6 is 11.8 Å². The van der Waals surface area contributed by atoms with Crippen LogP contribution in [0.4, 0.5) is 0 Å². The lowest BCUT2D eigenvalue weighted by Crippen LogP contribution is -2.39. The molecule has 0 bridgehead atoms. The molecular formula is C11H15N3O3S. The number of thioether (sulfide) groups is 1. The van der Waals surface area contributed by atoms with Crippen LogP contribution in [-0.2, 0) is 4.79 Å². The van der Waals surface area contributed by atoms with E-state index >= 15 is 0 Å². The van der Waals surface area contributed by atoms with Crippen molar-refractivity contribution in [1.29, 1.82) is 0 Å². The number of aliphatic carboxylic acids is 1. The van der Waals surface area contributed by atoms with Crippen molar-refractivity contribution >= 4 is 23.6 Å². The van der Waals surface area contributed by atoms with Crippen molar-refractivity contribution in [3.8, 4) is 0 Å². The molecule has 1 aromatic heterocycles. The molecule has 0 aliphatic carbocycles. The summed E-state index contributed by atoms with van der Waals surface area (Å²) in [7, 11) is 0. The summed E-state index contributed by atoms with van der Waals surface area (Å²) in [5.74, 6) is -0.967. The molecule has 1 amide bonds. The Morgan fingerprint density at radius 3 is 2.44 bits per heavy atom. The van der Waals surface area contributed by atoms with Crippen LogP contribution in [0.5, 0.6) is 0 Å². The average molecular weight is 269 g/mol. The van der Waals surface area contributed by atoms with Gasteiger partial charge >= 0.3 is 5.97 Å². The van der Waals surface area contributed by atoms with E-state index in [9.17, 15) is 9.59 Å². The molecule has 2 N–H and O–H groups in total. The molecule has 0 saturated carbocycles. The third-order valence-electron chi connectivity index (χ3n) is 2.31. The summed E-state index contributed by atoms with van der Waals surface area (Å²) in [6.45, 7) is 4.85. The van der Waals surface area contributed by atoms with Crippen LogP contribution in [0.2, 0.25) is 0 Å². The normalized spacial score (nSPS) is 12.0. The number of aromatic nitrogens is 2. The number of carboxylic acids is 1. The van der Waals surface area contributed by atoms with Gasteiger partial charge in [0, 0.05) is 0 Å². The monoisotopic (exact) mass is 269 g/mol. The van der Waals surface area contributed by atoms with E-state index in [1.807, 2.05) is 0 Å². The van der Waals surface area contributed by atoms with Gasteiger partial charge in [0.2, 0.25) is 0 Å². The lowest BCUT2D eigenvalue weighted by atomic mass is 10.2. The Kier molecular flexibility index (Phi) is 4.66. The molecule has 0 unspecified atom stereocenters. The van der Waals surface area contributed by atoms with Gasteiger partial charge in [0.05, 0.1) is 11.3 Å². The Morgan fingerprint density at radius 2 is 1.94 bits per heavy atom. The van der Waals surface area contributed by atoms with Gasteiger partial charge in [0.1, 0.15) is 16.9 Å². The van der Waals surface area contributed by atoms with Crippen LogP contribution in [0.3, 0.4) is 0 Å². The Morgan fingerprint density at radius 1 is 1.33 bits per heavy atom. The number of hydrogen-bond donors (Lipinski definition) is 2. The van der Waals surface area contributed by atoms with Crippen LogP contribution in [-0.4, -0.2) is 39.2 Å². The van der Waals surface area contributed by atoms with Crippen LogP contribution in [0.15, 0.2) is 5.03 Å². The number of aryl methyl sites for hydroxylation is 2. The van der Waals surface area contributed by atoms with Crippen LogP contribution < -0.4 is 5.32 Å². The standard InChI is InChI=1S/C11H15N3O3S/c1-5-8(9(15)13-6(2)11(16)17)10(18-4)14-7(3)12-5/h6H,1-4H3,(H,13,15)(H,16,17)/t6-/m0/s1.